The number of rotatable bonds is 7. The van der Waals surface area contributed by atoms with E-state index in [1.54, 1.807) is 30.3 Å². The molecule has 6 nitrogen and oxygen atoms in total. The number of halogens is 1. The second-order valence-electron chi connectivity index (χ2n) is 6.45. The van der Waals surface area contributed by atoms with Crippen LogP contribution in [0.3, 0.4) is 0 Å². The number of esters is 1. The fourth-order valence-corrected chi connectivity index (χ4v) is 2.62. The summed E-state index contributed by atoms with van der Waals surface area (Å²) in [6, 6.07) is 12.1. The fourth-order valence-electron chi connectivity index (χ4n) is 2.45. The van der Waals surface area contributed by atoms with Crippen LogP contribution < -0.4 is 10.1 Å². The number of benzene rings is 2. The first-order valence-corrected chi connectivity index (χ1v) is 9.07. The first-order valence-electron chi connectivity index (χ1n) is 8.69. The Morgan fingerprint density at radius 1 is 1.21 bits per heavy atom. The molecular formula is C21H21ClN2O4. The number of nitriles is 1. The van der Waals surface area contributed by atoms with Crippen molar-refractivity contribution in [3.05, 3.63) is 58.1 Å². The van der Waals surface area contributed by atoms with Gasteiger partial charge in [-0.15, -0.1) is 0 Å². The van der Waals surface area contributed by atoms with Crippen molar-refractivity contribution >= 4 is 29.2 Å². The summed E-state index contributed by atoms with van der Waals surface area (Å²) in [6.07, 6.45) is 0. The molecule has 0 aliphatic heterocycles. The molecule has 0 heterocycles. The van der Waals surface area contributed by atoms with E-state index in [1.807, 2.05) is 32.9 Å². The summed E-state index contributed by atoms with van der Waals surface area (Å²) in [6.45, 7) is 5.04. The molecule has 2 rings (SSSR count). The smallest absolute Gasteiger partial charge is 0.344 e. The molecule has 1 amide bonds. The second kappa shape index (κ2) is 9.77. The van der Waals surface area contributed by atoms with E-state index in [2.05, 4.69) is 5.32 Å². The van der Waals surface area contributed by atoms with E-state index in [4.69, 9.17) is 26.3 Å². The number of nitrogens with one attached hydrogen (secondary N) is 1. The number of carbonyl (C=O) groups is 2. The Hall–Kier alpha value is -3.04. The summed E-state index contributed by atoms with van der Waals surface area (Å²) in [5.41, 5.74) is 2.41. The van der Waals surface area contributed by atoms with Crippen LogP contribution in [0.1, 0.15) is 36.5 Å². The zero-order valence-corrected chi connectivity index (χ0v) is 16.7. The molecule has 0 saturated carbocycles. The first kappa shape index (κ1) is 21.3. The van der Waals surface area contributed by atoms with Gasteiger partial charge in [-0.25, -0.2) is 4.79 Å². The molecule has 0 aliphatic rings. The summed E-state index contributed by atoms with van der Waals surface area (Å²) >= 11 is 6.15. The molecule has 28 heavy (non-hydrogen) atoms. The van der Waals surface area contributed by atoms with Crippen molar-refractivity contribution in [1.29, 1.82) is 5.26 Å². The molecule has 1 N–H and O–H groups in total. The van der Waals surface area contributed by atoms with Crippen molar-refractivity contribution in [2.75, 3.05) is 18.5 Å². The Bertz CT molecular complexity index is 919. The van der Waals surface area contributed by atoms with E-state index in [0.717, 1.165) is 11.1 Å². The van der Waals surface area contributed by atoms with Crippen LogP contribution in [0.15, 0.2) is 36.4 Å². The average Bonchev–Trinajstić information content (AvgIpc) is 2.67. The summed E-state index contributed by atoms with van der Waals surface area (Å²) in [5.74, 6) is -0.497. The van der Waals surface area contributed by atoms with Crippen LogP contribution >= 0.6 is 11.6 Å². The van der Waals surface area contributed by atoms with Crippen LogP contribution in [0, 0.1) is 18.3 Å². The summed E-state index contributed by atoms with van der Waals surface area (Å²) in [4.78, 5) is 23.9. The summed E-state index contributed by atoms with van der Waals surface area (Å²) < 4.78 is 10.5. The van der Waals surface area contributed by atoms with E-state index >= 15 is 0 Å². The molecule has 0 atom stereocenters. The van der Waals surface area contributed by atoms with Gasteiger partial charge in [-0.1, -0.05) is 37.6 Å². The van der Waals surface area contributed by atoms with Gasteiger partial charge < -0.3 is 14.8 Å². The molecule has 2 aromatic rings. The quantitative estimate of drug-likeness (QED) is 0.703. The zero-order valence-electron chi connectivity index (χ0n) is 15.9. The largest absolute Gasteiger partial charge is 0.482 e. The van der Waals surface area contributed by atoms with Crippen molar-refractivity contribution in [3.63, 3.8) is 0 Å². The summed E-state index contributed by atoms with van der Waals surface area (Å²) in [5, 5.41) is 12.2. The van der Waals surface area contributed by atoms with Crippen molar-refractivity contribution in [2.24, 2.45) is 0 Å². The zero-order chi connectivity index (χ0) is 20.7. The average molecular weight is 401 g/mol. The van der Waals surface area contributed by atoms with E-state index in [9.17, 15) is 9.59 Å². The number of aryl methyl sites for hydroxylation is 1. The predicted molar refractivity (Wildman–Crippen MR) is 107 cm³/mol. The molecule has 2 aromatic carbocycles. The Morgan fingerprint density at radius 2 is 1.93 bits per heavy atom. The van der Waals surface area contributed by atoms with E-state index in [1.165, 1.54) is 0 Å². The van der Waals surface area contributed by atoms with E-state index in [0.29, 0.717) is 22.0 Å². The molecule has 0 aliphatic carbocycles. The maximum Gasteiger partial charge on any atom is 0.344 e. The molecule has 0 radical (unpaired) electrons. The van der Waals surface area contributed by atoms with Crippen LogP contribution in [-0.2, 0) is 14.3 Å². The van der Waals surface area contributed by atoms with Crippen molar-refractivity contribution in [1.82, 2.24) is 0 Å². The number of nitrogens with zero attached hydrogens (tertiary/aromatic N) is 1. The van der Waals surface area contributed by atoms with Crippen molar-refractivity contribution in [2.45, 2.75) is 26.7 Å². The lowest BCUT2D eigenvalue weighted by Crippen LogP contribution is -2.24. The highest BCUT2D eigenvalue weighted by Gasteiger charge is 2.14. The molecule has 7 heteroatoms. The van der Waals surface area contributed by atoms with Crippen LogP contribution in [0.4, 0.5) is 5.69 Å². The van der Waals surface area contributed by atoms with Crippen LogP contribution in [-0.4, -0.2) is 25.1 Å². The molecule has 0 fully saturated rings. The fraction of sp³-hybridized carbons (Fsp3) is 0.286. The standard InChI is InChI=1S/C21H21ClN2O4/c1-13(2)16-9-17(22)14(3)8-19(16)27-12-21(26)28-11-20(25)24-18-7-5-4-6-15(18)10-23/h4-9,13H,11-12H2,1-3H3,(H,24,25). The molecule has 0 bridgehead atoms. The minimum atomic E-state index is -0.675. The number of amides is 1. The third-order valence-corrected chi connectivity index (χ3v) is 4.35. The van der Waals surface area contributed by atoms with E-state index in [-0.39, 0.29) is 12.5 Å². The number of hydrogen-bond donors (Lipinski definition) is 1. The maximum atomic E-state index is 11.9. The number of anilines is 1. The second-order valence-corrected chi connectivity index (χ2v) is 6.86. The van der Waals surface area contributed by atoms with Crippen LogP contribution in [0.2, 0.25) is 5.02 Å². The number of ether oxygens (including phenoxy) is 2. The first-order chi connectivity index (χ1) is 13.3. The third-order valence-electron chi connectivity index (χ3n) is 3.94. The minimum Gasteiger partial charge on any atom is -0.482 e. The van der Waals surface area contributed by atoms with Gasteiger partial charge in [0.25, 0.3) is 5.91 Å². The Labute approximate surface area is 169 Å². The van der Waals surface area contributed by atoms with Gasteiger partial charge in [0.15, 0.2) is 13.2 Å². The molecule has 0 unspecified atom stereocenters. The van der Waals surface area contributed by atoms with Gasteiger partial charge >= 0.3 is 5.97 Å². The lowest BCUT2D eigenvalue weighted by atomic mass is 10.0. The Balaban J connectivity index is 1.89. The molecule has 0 saturated heterocycles. The van der Waals surface area contributed by atoms with Gasteiger partial charge in [-0.2, -0.15) is 5.26 Å². The lowest BCUT2D eigenvalue weighted by Gasteiger charge is -2.15. The van der Waals surface area contributed by atoms with Crippen molar-refractivity contribution in [3.8, 4) is 11.8 Å². The van der Waals surface area contributed by atoms with Gasteiger partial charge in [0, 0.05) is 5.02 Å². The van der Waals surface area contributed by atoms with Gasteiger partial charge in [0.05, 0.1) is 11.3 Å². The van der Waals surface area contributed by atoms with Crippen LogP contribution in [0.5, 0.6) is 5.75 Å². The monoisotopic (exact) mass is 400 g/mol. The lowest BCUT2D eigenvalue weighted by molar-refractivity contribution is -0.149. The predicted octanol–water partition coefficient (Wildman–Crippen LogP) is 4.20. The molecule has 146 valence electrons. The van der Waals surface area contributed by atoms with Gasteiger partial charge in [-0.05, 0) is 48.2 Å². The summed E-state index contributed by atoms with van der Waals surface area (Å²) in [7, 11) is 0. The van der Waals surface area contributed by atoms with Crippen molar-refractivity contribution < 1.29 is 19.1 Å². The number of hydrogen-bond acceptors (Lipinski definition) is 5. The topological polar surface area (TPSA) is 88.4 Å². The van der Waals surface area contributed by atoms with E-state index < -0.39 is 18.5 Å². The third kappa shape index (κ3) is 5.73. The minimum absolute atomic E-state index is 0.162. The normalized spacial score (nSPS) is 10.3. The number of para-hydroxylation sites is 1. The SMILES string of the molecule is Cc1cc(OCC(=O)OCC(=O)Nc2ccccc2C#N)c(C(C)C)cc1Cl. The van der Waals surface area contributed by atoms with Gasteiger partial charge in [0.2, 0.25) is 0 Å². The highest BCUT2D eigenvalue weighted by molar-refractivity contribution is 6.31. The van der Waals surface area contributed by atoms with Crippen LogP contribution in [0.25, 0.3) is 0 Å². The number of carbonyl (C=O) groups excluding carboxylic acids is 2. The Kier molecular flexibility index (Phi) is 7.42. The van der Waals surface area contributed by atoms with Gasteiger partial charge in [0.1, 0.15) is 11.8 Å². The van der Waals surface area contributed by atoms with Gasteiger partial charge in [-0.3, -0.25) is 4.79 Å². The molecular weight excluding hydrogens is 380 g/mol. The highest BCUT2D eigenvalue weighted by Crippen LogP contribution is 2.32. The highest BCUT2D eigenvalue weighted by atomic mass is 35.5. The molecule has 0 spiro atoms. The maximum absolute atomic E-state index is 11.9. The molecule has 0 aromatic heterocycles. The Morgan fingerprint density at radius 3 is 2.61 bits per heavy atom.